The van der Waals surface area contributed by atoms with Crippen molar-refractivity contribution in [1.82, 2.24) is 5.32 Å². The van der Waals surface area contributed by atoms with E-state index >= 15 is 0 Å². The normalized spacial score (nSPS) is 22.0. The summed E-state index contributed by atoms with van der Waals surface area (Å²) < 4.78 is 0. The lowest BCUT2D eigenvalue weighted by molar-refractivity contribution is 0.605. The zero-order valence-corrected chi connectivity index (χ0v) is 5.07. The van der Waals surface area contributed by atoms with Crippen molar-refractivity contribution >= 4 is 0 Å². The maximum Gasteiger partial charge on any atom is 0.0703 e. The molecule has 1 aliphatic rings. The Hall–Kier alpha value is -0.550. The summed E-state index contributed by atoms with van der Waals surface area (Å²) >= 11 is 0. The Kier molecular flexibility index (Phi) is 1.22. The van der Waals surface area contributed by atoms with Crippen LogP contribution in [-0.2, 0) is 0 Å². The third-order valence-electron chi connectivity index (χ3n) is 1.61. The maximum atomic E-state index is 8.50. The summed E-state index contributed by atoms with van der Waals surface area (Å²) in [6.07, 6.45) is 2.18. The zero-order valence-electron chi connectivity index (χ0n) is 5.07. The molecule has 0 saturated heterocycles. The largest absolute Gasteiger partial charge is 0.318 e. The lowest BCUT2D eigenvalue weighted by Gasteiger charge is -2.00. The summed E-state index contributed by atoms with van der Waals surface area (Å²) in [7, 11) is 1.89. The van der Waals surface area contributed by atoms with Gasteiger partial charge in [-0.2, -0.15) is 5.26 Å². The van der Waals surface area contributed by atoms with Crippen molar-refractivity contribution in [1.29, 1.82) is 5.26 Å². The van der Waals surface area contributed by atoms with E-state index in [-0.39, 0.29) is 5.41 Å². The number of hydrogen-bond acceptors (Lipinski definition) is 2. The second-order valence-electron chi connectivity index (χ2n) is 2.42. The highest BCUT2D eigenvalue weighted by atomic mass is 14.8. The second-order valence-corrected chi connectivity index (χ2v) is 2.42. The van der Waals surface area contributed by atoms with Gasteiger partial charge in [0.1, 0.15) is 0 Å². The monoisotopic (exact) mass is 110 g/mol. The minimum atomic E-state index is 0.0365. The van der Waals surface area contributed by atoms with Crippen molar-refractivity contribution in [2.24, 2.45) is 5.41 Å². The van der Waals surface area contributed by atoms with Gasteiger partial charge in [0.2, 0.25) is 0 Å². The quantitative estimate of drug-likeness (QED) is 0.562. The summed E-state index contributed by atoms with van der Waals surface area (Å²) in [6.45, 7) is 0.865. The van der Waals surface area contributed by atoms with E-state index in [0.29, 0.717) is 0 Å². The van der Waals surface area contributed by atoms with Gasteiger partial charge in [-0.25, -0.2) is 0 Å². The molecule has 0 unspecified atom stereocenters. The fourth-order valence-corrected chi connectivity index (χ4v) is 0.817. The van der Waals surface area contributed by atoms with Crippen LogP contribution in [0.5, 0.6) is 0 Å². The van der Waals surface area contributed by atoms with Crippen LogP contribution in [0.4, 0.5) is 0 Å². The number of nitrogens with zero attached hydrogens (tertiary/aromatic N) is 1. The fourth-order valence-electron chi connectivity index (χ4n) is 0.817. The summed E-state index contributed by atoms with van der Waals surface area (Å²) in [4.78, 5) is 0. The topological polar surface area (TPSA) is 35.8 Å². The molecule has 0 aromatic heterocycles. The van der Waals surface area contributed by atoms with Crippen molar-refractivity contribution < 1.29 is 0 Å². The summed E-state index contributed by atoms with van der Waals surface area (Å²) in [5.41, 5.74) is 0.0365. The molecule has 1 N–H and O–H groups in total. The molecule has 0 aliphatic heterocycles. The first kappa shape index (κ1) is 5.58. The molecule has 0 atom stereocenters. The second kappa shape index (κ2) is 1.75. The molecule has 1 rings (SSSR count). The maximum absolute atomic E-state index is 8.50. The van der Waals surface area contributed by atoms with Gasteiger partial charge in [-0.05, 0) is 19.9 Å². The van der Waals surface area contributed by atoms with Crippen LogP contribution >= 0.6 is 0 Å². The molecule has 1 fully saturated rings. The molecule has 0 aromatic carbocycles. The Balaban J connectivity index is 2.33. The van der Waals surface area contributed by atoms with Crippen LogP contribution in [0, 0.1) is 16.7 Å². The number of nitriles is 1. The predicted octanol–water partition coefficient (Wildman–Crippen LogP) is 0.510. The highest BCUT2D eigenvalue weighted by molar-refractivity contribution is 5.10. The van der Waals surface area contributed by atoms with Gasteiger partial charge in [-0.1, -0.05) is 0 Å². The van der Waals surface area contributed by atoms with Crippen molar-refractivity contribution in [2.45, 2.75) is 12.8 Å². The number of nitrogens with one attached hydrogen (secondary N) is 1. The molecule has 8 heavy (non-hydrogen) atoms. The molecule has 1 aliphatic carbocycles. The van der Waals surface area contributed by atoms with Crippen LogP contribution < -0.4 is 5.32 Å². The van der Waals surface area contributed by atoms with Crippen LogP contribution in [0.3, 0.4) is 0 Å². The molecule has 1 saturated carbocycles. The van der Waals surface area contributed by atoms with Gasteiger partial charge in [0.25, 0.3) is 0 Å². The molecule has 0 amide bonds. The molecule has 0 spiro atoms. The van der Waals surface area contributed by atoms with Crippen LogP contribution in [0.25, 0.3) is 0 Å². The minimum absolute atomic E-state index is 0.0365. The smallest absolute Gasteiger partial charge is 0.0703 e. The van der Waals surface area contributed by atoms with Crippen molar-refractivity contribution in [3.05, 3.63) is 0 Å². The van der Waals surface area contributed by atoms with Gasteiger partial charge in [0, 0.05) is 6.54 Å². The Bertz CT molecular complexity index is 119. The van der Waals surface area contributed by atoms with E-state index < -0.39 is 0 Å². The first-order valence-corrected chi connectivity index (χ1v) is 2.89. The lowest BCUT2D eigenvalue weighted by atomic mass is 10.1. The van der Waals surface area contributed by atoms with Crippen LogP contribution in [0.2, 0.25) is 0 Å². The van der Waals surface area contributed by atoms with E-state index in [1.165, 1.54) is 0 Å². The van der Waals surface area contributed by atoms with Gasteiger partial charge in [-0.3, -0.25) is 0 Å². The Morgan fingerprint density at radius 3 is 2.50 bits per heavy atom. The van der Waals surface area contributed by atoms with Crippen LogP contribution in [-0.4, -0.2) is 13.6 Å². The van der Waals surface area contributed by atoms with E-state index in [9.17, 15) is 0 Å². The van der Waals surface area contributed by atoms with Gasteiger partial charge in [-0.15, -0.1) is 0 Å². The van der Waals surface area contributed by atoms with Crippen LogP contribution in [0.15, 0.2) is 0 Å². The lowest BCUT2D eigenvalue weighted by Crippen LogP contribution is -2.17. The Labute approximate surface area is 49.5 Å². The van der Waals surface area contributed by atoms with E-state index in [4.69, 9.17) is 5.26 Å². The first-order chi connectivity index (χ1) is 3.83. The van der Waals surface area contributed by atoms with E-state index in [1.54, 1.807) is 0 Å². The molecule has 0 heterocycles. The Morgan fingerprint density at radius 1 is 1.75 bits per heavy atom. The Morgan fingerprint density at radius 2 is 2.38 bits per heavy atom. The van der Waals surface area contributed by atoms with Gasteiger partial charge in [0.15, 0.2) is 0 Å². The predicted molar refractivity (Wildman–Crippen MR) is 31.2 cm³/mol. The summed E-state index contributed by atoms with van der Waals surface area (Å²) in [6, 6.07) is 2.29. The fraction of sp³-hybridized carbons (Fsp3) is 0.833. The van der Waals surface area contributed by atoms with Crippen molar-refractivity contribution in [3.63, 3.8) is 0 Å². The van der Waals surface area contributed by atoms with E-state index in [0.717, 1.165) is 19.4 Å². The average molecular weight is 110 g/mol. The molecular weight excluding hydrogens is 100 g/mol. The number of rotatable bonds is 2. The average Bonchev–Trinajstić information content (AvgIpc) is 2.50. The molecule has 2 heteroatoms. The van der Waals surface area contributed by atoms with Crippen LogP contribution in [0.1, 0.15) is 12.8 Å². The van der Waals surface area contributed by atoms with Gasteiger partial charge in [0.05, 0.1) is 11.5 Å². The summed E-state index contributed by atoms with van der Waals surface area (Å²) in [5.74, 6) is 0. The highest BCUT2D eigenvalue weighted by Gasteiger charge is 2.42. The molecule has 44 valence electrons. The van der Waals surface area contributed by atoms with Gasteiger partial charge < -0.3 is 5.32 Å². The number of hydrogen-bond donors (Lipinski definition) is 1. The van der Waals surface area contributed by atoms with Crippen molar-refractivity contribution in [2.75, 3.05) is 13.6 Å². The van der Waals surface area contributed by atoms with E-state index in [1.807, 2.05) is 7.05 Å². The highest BCUT2D eigenvalue weighted by Crippen LogP contribution is 2.43. The minimum Gasteiger partial charge on any atom is -0.318 e. The van der Waals surface area contributed by atoms with Gasteiger partial charge >= 0.3 is 0 Å². The standard InChI is InChI=1S/C6H10N2/c1-8-5-6(4-7)2-3-6/h8H,2-3,5H2,1H3. The third kappa shape index (κ3) is 0.823. The SMILES string of the molecule is CNCC1(C#N)CC1. The molecular formula is C6H10N2. The molecule has 0 radical (unpaired) electrons. The third-order valence-corrected chi connectivity index (χ3v) is 1.61. The first-order valence-electron chi connectivity index (χ1n) is 2.89. The summed E-state index contributed by atoms with van der Waals surface area (Å²) in [5, 5.41) is 11.5. The zero-order chi connectivity index (χ0) is 6.04. The molecule has 0 aromatic rings. The molecule has 0 bridgehead atoms. The van der Waals surface area contributed by atoms with E-state index in [2.05, 4.69) is 11.4 Å². The van der Waals surface area contributed by atoms with Crippen molar-refractivity contribution in [3.8, 4) is 6.07 Å². The molecule has 2 nitrogen and oxygen atoms in total.